The van der Waals surface area contributed by atoms with Crippen molar-refractivity contribution in [1.29, 1.82) is 0 Å². The fourth-order valence-corrected chi connectivity index (χ4v) is 1.76. The minimum atomic E-state index is 0.251. The van der Waals surface area contributed by atoms with Crippen LogP contribution < -0.4 is 5.73 Å². The first kappa shape index (κ1) is 10.5. The van der Waals surface area contributed by atoms with Crippen molar-refractivity contribution in [3.8, 4) is 22.6 Å². The van der Waals surface area contributed by atoms with Crippen LogP contribution in [0.1, 0.15) is 0 Å². The van der Waals surface area contributed by atoms with Crippen LogP contribution in [-0.4, -0.2) is 20.2 Å². The number of aromatic nitrogens is 4. The quantitative estimate of drug-likeness (QED) is 0.715. The molecule has 5 nitrogen and oxygen atoms in total. The van der Waals surface area contributed by atoms with Gasteiger partial charge in [0.15, 0.2) is 0 Å². The van der Waals surface area contributed by atoms with Crippen molar-refractivity contribution in [2.45, 2.75) is 0 Å². The van der Waals surface area contributed by atoms with E-state index >= 15 is 0 Å². The largest absolute Gasteiger partial charge is 0.368 e. The number of hydrogen-bond donors (Lipinski definition) is 2. The first-order valence-electron chi connectivity index (χ1n) is 5.52. The summed E-state index contributed by atoms with van der Waals surface area (Å²) in [6.45, 7) is 0. The molecule has 5 heteroatoms. The van der Waals surface area contributed by atoms with Gasteiger partial charge in [-0.05, 0) is 12.1 Å². The summed E-state index contributed by atoms with van der Waals surface area (Å²) in [5.74, 6) is 0.251. The van der Waals surface area contributed by atoms with E-state index in [0.29, 0.717) is 0 Å². The van der Waals surface area contributed by atoms with Gasteiger partial charge >= 0.3 is 0 Å². The van der Waals surface area contributed by atoms with E-state index in [2.05, 4.69) is 20.2 Å². The number of hydrogen-bond acceptors (Lipinski definition) is 4. The topological polar surface area (TPSA) is 80.5 Å². The third-order valence-corrected chi connectivity index (χ3v) is 2.59. The number of nitrogens with one attached hydrogen (secondary N) is 1. The van der Waals surface area contributed by atoms with Gasteiger partial charge in [0.2, 0.25) is 5.95 Å². The van der Waals surface area contributed by atoms with Crippen LogP contribution in [0.3, 0.4) is 0 Å². The number of rotatable bonds is 2. The number of nitrogens with zero attached hydrogens (tertiary/aromatic N) is 3. The summed E-state index contributed by atoms with van der Waals surface area (Å²) in [4.78, 5) is 8.44. The summed E-state index contributed by atoms with van der Waals surface area (Å²) in [6.07, 6.45) is 1.68. The SMILES string of the molecule is Nc1nc(-c2ccccc2)cc(-c2ccn[nH]2)n1. The van der Waals surface area contributed by atoms with Crippen molar-refractivity contribution in [3.63, 3.8) is 0 Å². The standard InChI is InChI=1S/C13H11N5/c14-13-16-11(9-4-2-1-3-5-9)8-12(17-13)10-6-7-15-18-10/h1-8H,(H,15,18)(H2,14,16,17). The minimum absolute atomic E-state index is 0.251. The molecule has 3 rings (SSSR count). The number of anilines is 1. The average Bonchev–Trinajstić information content (AvgIpc) is 2.93. The van der Waals surface area contributed by atoms with Crippen LogP contribution in [0, 0.1) is 0 Å². The van der Waals surface area contributed by atoms with Gasteiger partial charge in [-0.1, -0.05) is 30.3 Å². The van der Waals surface area contributed by atoms with E-state index in [1.54, 1.807) is 6.20 Å². The summed E-state index contributed by atoms with van der Waals surface area (Å²) in [6, 6.07) is 13.6. The summed E-state index contributed by atoms with van der Waals surface area (Å²) in [5.41, 5.74) is 9.11. The lowest BCUT2D eigenvalue weighted by Gasteiger charge is -2.04. The molecule has 88 valence electrons. The highest BCUT2D eigenvalue weighted by Crippen LogP contribution is 2.22. The van der Waals surface area contributed by atoms with E-state index in [1.165, 1.54) is 0 Å². The molecule has 1 aromatic carbocycles. The number of aromatic amines is 1. The van der Waals surface area contributed by atoms with Gasteiger partial charge in [0.1, 0.15) is 0 Å². The molecule has 0 fully saturated rings. The van der Waals surface area contributed by atoms with Gasteiger partial charge in [-0.15, -0.1) is 0 Å². The monoisotopic (exact) mass is 237 g/mol. The second-order valence-electron chi connectivity index (χ2n) is 3.83. The molecule has 2 heterocycles. The summed E-state index contributed by atoms with van der Waals surface area (Å²) in [5, 5.41) is 6.77. The summed E-state index contributed by atoms with van der Waals surface area (Å²) in [7, 11) is 0. The molecule has 0 aliphatic rings. The number of benzene rings is 1. The first-order chi connectivity index (χ1) is 8.83. The van der Waals surface area contributed by atoms with Gasteiger partial charge in [0.05, 0.1) is 17.1 Å². The van der Waals surface area contributed by atoms with E-state index in [1.807, 2.05) is 42.5 Å². The van der Waals surface area contributed by atoms with Crippen LogP contribution in [0.4, 0.5) is 5.95 Å². The minimum Gasteiger partial charge on any atom is -0.368 e. The molecular formula is C13H11N5. The van der Waals surface area contributed by atoms with E-state index in [-0.39, 0.29) is 5.95 Å². The Balaban J connectivity index is 2.12. The fraction of sp³-hybridized carbons (Fsp3) is 0. The molecule has 0 amide bonds. The Hall–Kier alpha value is -2.69. The molecule has 0 atom stereocenters. The predicted molar refractivity (Wildman–Crippen MR) is 69.5 cm³/mol. The molecule has 0 unspecified atom stereocenters. The maximum atomic E-state index is 5.75. The van der Waals surface area contributed by atoms with Gasteiger partial charge < -0.3 is 5.73 Å². The molecule has 2 aromatic heterocycles. The fourth-order valence-electron chi connectivity index (χ4n) is 1.76. The normalized spacial score (nSPS) is 10.4. The van der Waals surface area contributed by atoms with Gasteiger partial charge in [-0.25, -0.2) is 9.97 Å². The molecule has 0 bridgehead atoms. The maximum Gasteiger partial charge on any atom is 0.221 e. The molecule has 0 aliphatic carbocycles. The maximum absolute atomic E-state index is 5.75. The lowest BCUT2D eigenvalue weighted by Crippen LogP contribution is -1.98. The first-order valence-corrected chi connectivity index (χ1v) is 5.52. The lowest BCUT2D eigenvalue weighted by atomic mass is 10.1. The molecule has 3 N–H and O–H groups in total. The zero-order valence-corrected chi connectivity index (χ0v) is 9.54. The number of nitrogens with two attached hydrogens (primary N) is 1. The van der Waals surface area contributed by atoms with Crippen molar-refractivity contribution in [2.24, 2.45) is 0 Å². The Morgan fingerprint density at radius 3 is 2.44 bits per heavy atom. The van der Waals surface area contributed by atoms with E-state index in [9.17, 15) is 0 Å². The second kappa shape index (κ2) is 4.29. The zero-order valence-electron chi connectivity index (χ0n) is 9.54. The molecule has 3 aromatic rings. The second-order valence-corrected chi connectivity index (χ2v) is 3.83. The van der Waals surface area contributed by atoms with Gasteiger partial charge in [-0.3, -0.25) is 5.10 Å². The Kier molecular flexibility index (Phi) is 2.49. The van der Waals surface area contributed by atoms with Gasteiger partial charge in [0.25, 0.3) is 0 Å². The number of H-pyrrole nitrogens is 1. The molecular weight excluding hydrogens is 226 g/mol. The molecule has 18 heavy (non-hydrogen) atoms. The van der Waals surface area contributed by atoms with Crippen molar-refractivity contribution < 1.29 is 0 Å². The van der Waals surface area contributed by atoms with Crippen molar-refractivity contribution in [1.82, 2.24) is 20.2 Å². The van der Waals surface area contributed by atoms with Crippen molar-refractivity contribution in [3.05, 3.63) is 48.7 Å². The highest BCUT2D eigenvalue weighted by molar-refractivity contribution is 5.67. The summed E-state index contributed by atoms with van der Waals surface area (Å²) >= 11 is 0. The Bertz CT molecular complexity index is 646. The third kappa shape index (κ3) is 1.93. The zero-order chi connectivity index (χ0) is 12.4. The number of nitrogen functional groups attached to an aromatic ring is 1. The van der Waals surface area contributed by atoms with E-state index in [4.69, 9.17) is 5.73 Å². The Morgan fingerprint density at radius 1 is 0.944 bits per heavy atom. The molecule has 0 radical (unpaired) electrons. The molecule has 0 spiro atoms. The van der Waals surface area contributed by atoms with Crippen LogP contribution in [-0.2, 0) is 0 Å². The van der Waals surface area contributed by atoms with E-state index in [0.717, 1.165) is 22.6 Å². The van der Waals surface area contributed by atoms with Crippen LogP contribution in [0.15, 0.2) is 48.7 Å². The van der Waals surface area contributed by atoms with Gasteiger partial charge in [-0.2, -0.15) is 5.10 Å². The highest BCUT2D eigenvalue weighted by Gasteiger charge is 2.07. The lowest BCUT2D eigenvalue weighted by molar-refractivity contribution is 1.08. The Morgan fingerprint density at radius 2 is 1.72 bits per heavy atom. The van der Waals surface area contributed by atoms with Gasteiger partial charge in [0, 0.05) is 11.8 Å². The van der Waals surface area contributed by atoms with Crippen LogP contribution in [0.2, 0.25) is 0 Å². The van der Waals surface area contributed by atoms with Crippen LogP contribution in [0.5, 0.6) is 0 Å². The smallest absolute Gasteiger partial charge is 0.221 e. The Labute approximate surface area is 104 Å². The van der Waals surface area contributed by atoms with Crippen LogP contribution in [0.25, 0.3) is 22.6 Å². The highest BCUT2D eigenvalue weighted by atomic mass is 15.1. The molecule has 0 aliphatic heterocycles. The van der Waals surface area contributed by atoms with Crippen molar-refractivity contribution >= 4 is 5.95 Å². The van der Waals surface area contributed by atoms with E-state index < -0.39 is 0 Å². The predicted octanol–water partition coefficient (Wildman–Crippen LogP) is 2.12. The molecule has 0 saturated heterocycles. The van der Waals surface area contributed by atoms with Crippen LogP contribution >= 0.6 is 0 Å². The average molecular weight is 237 g/mol. The van der Waals surface area contributed by atoms with Crippen molar-refractivity contribution in [2.75, 3.05) is 5.73 Å². The third-order valence-electron chi connectivity index (χ3n) is 2.59. The molecule has 0 saturated carbocycles. The summed E-state index contributed by atoms with van der Waals surface area (Å²) < 4.78 is 0.